The predicted molar refractivity (Wildman–Crippen MR) is 83.9 cm³/mol. The standard InChI is InChI=1S/C17H27NO3/c1-3-8-17(9-10-17)13-18-11-14(19)12-21-16-6-4-15(20-2)5-7-16/h4-7,14,18-19H,3,8-13H2,1-2H3. The quantitative estimate of drug-likeness (QED) is 0.696. The van der Waals surface area contributed by atoms with Crippen molar-refractivity contribution in [3.05, 3.63) is 24.3 Å². The number of nitrogens with one attached hydrogen (secondary N) is 1. The molecule has 1 saturated carbocycles. The number of rotatable bonds is 10. The molecule has 1 aromatic carbocycles. The molecule has 0 saturated heterocycles. The Balaban J connectivity index is 1.61. The second-order valence-corrected chi connectivity index (χ2v) is 6.02. The molecule has 1 aliphatic rings. The van der Waals surface area contributed by atoms with Crippen LogP contribution in [0.15, 0.2) is 24.3 Å². The number of hydrogen-bond acceptors (Lipinski definition) is 4. The summed E-state index contributed by atoms with van der Waals surface area (Å²) in [6.45, 7) is 4.14. The van der Waals surface area contributed by atoms with Crippen LogP contribution in [0.2, 0.25) is 0 Å². The maximum atomic E-state index is 9.95. The van der Waals surface area contributed by atoms with Crippen molar-refractivity contribution in [3.8, 4) is 11.5 Å². The molecule has 0 amide bonds. The van der Waals surface area contributed by atoms with E-state index in [1.807, 2.05) is 24.3 Å². The molecule has 1 aliphatic carbocycles. The van der Waals surface area contributed by atoms with Crippen molar-refractivity contribution in [1.29, 1.82) is 0 Å². The molecular formula is C17H27NO3. The fourth-order valence-corrected chi connectivity index (χ4v) is 2.65. The van der Waals surface area contributed by atoms with Gasteiger partial charge in [-0.25, -0.2) is 0 Å². The normalized spacial score (nSPS) is 17.3. The van der Waals surface area contributed by atoms with Gasteiger partial charge in [-0.15, -0.1) is 0 Å². The van der Waals surface area contributed by atoms with Gasteiger partial charge in [0, 0.05) is 13.1 Å². The van der Waals surface area contributed by atoms with Crippen LogP contribution < -0.4 is 14.8 Å². The summed E-state index contributed by atoms with van der Waals surface area (Å²) in [6.07, 6.45) is 4.70. The molecule has 118 valence electrons. The van der Waals surface area contributed by atoms with Gasteiger partial charge < -0.3 is 19.9 Å². The summed E-state index contributed by atoms with van der Waals surface area (Å²) in [6, 6.07) is 7.39. The summed E-state index contributed by atoms with van der Waals surface area (Å²) in [7, 11) is 1.64. The first-order chi connectivity index (χ1) is 10.2. The lowest BCUT2D eigenvalue weighted by Crippen LogP contribution is -2.34. The minimum atomic E-state index is -0.482. The van der Waals surface area contributed by atoms with E-state index in [0.29, 0.717) is 18.6 Å². The zero-order valence-corrected chi connectivity index (χ0v) is 13.1. The topological polar surface area (TPSA) is 50.7 Å². The smallest absolute Gasteiger partial charge is 0.119 e. The van der Waals surface area contributed by atoms with Crippen LogP contribution in [0.3, 0.4) is 0 Å². The van der Waals surface area contributed by atoms with Crippen LogP contribution in [-0.4, -0.2) is 38.0 Å². The van der Waals surface area contributed by atoms with Crippen LogP contribution in [0.25, 0.3) is 0 Å². The summed E-state index contributed by atoms with van der Waals surface area (Å²) in [5.41, 5.74) is 0.519. The number of hydrogen-bond donors (Lipinski definition) is 2. The van der Waals surface area contributed by atoms with Gasteiger partial charge >= 0.3 is 0 Å². The Morgan fingerprint density at radius 2 is 1.90 bits per heavy atom. The van der Waals surface area contributed by atoms with E-state index in [1.165, 1.54) is 25.7 Å². The molecular weight excluding hydrogens is 266 g/mol. The van der Waals surface area contributed by atoms with Crippen molar-refractivity contribution in [3.63, 3.8) is 0 Å². The summed E-state index contributed by atoms with van der Waals surface area (Å²) in [5.74, 6) is 1.55. The van der Waals surface area contributed by atoms with Crippen molar-refractivity contribution < 1.29 is 14.6 Å². The highest BCUT2D eigenvalue weighted by Gasteiger charge is 2.40. The van der Waals surface area contributed by atoms with E-state index in [4.69, 9.17) is 9.47 Å². The second kappa shape index (κ2) is 7.66. The van der Waals surface area contributed by atoms with E-state index in [-0.39, 0.29) is 0 Å². The average molecular weight is 293 g/mol. The van der Waals surface area contributed by atoms with E-state index in [9.17, 15) is 5.11 Å². The predicted octanol–water partition coefficient (Wildman–Crippen LogP) is 2.60. The SMILES string of the molecule is CCCC1(CNCC(O)COc2ccc(OC)cc2)CC1. The van der Waals surface area contributed by atoms with Crippen LogP contribution in [0.4, 0.5) is 0 Å². The lowest BCUT2D eigenvalue weighted by molar-refractivity contribution is 0.105. The Hall–Kier alpha value is -1.26. The highest BCUT2D eigenvalue weighted by Crippen LogP contribution is 2.48. The zero-order chi connectivity index (χ0) is 15.1. The molecule has 1 atom stereocenters. The number of methoxy groups -OCH3 is 1. The van der Waals surface area contributed by atoms with Crippen LogP contribution in [0.5, 0.6) is 11.5 Å². The maximum absolute atomic E-state index is 9.95. The van der Waals surface area contributed by atoms with Crippen molar-refractivity contribution >= 4 is 0 Å². The molecule has 0 spiro atoms. The van der Waals surface area contributed by atoms with Crippen LogP contribution in [0, 0.1) is 5.41 Å². The Morgan fingerprint density at radius 1 is 1.24 bits per heavy atom. The third kappa shape index (κ3) is 5.21. The van der Waals surface area contributed by atoms with Gasteiger partial charge in [0.25, 0.3) is 0 Å². The lowest BCUT2D eigenvalue weighted by atomic mass is 10.0. The maximum Gasteiger partial charge on any atom is 0.119 e. The molecule has 2 rings (SSSR count). The summed E-state index contributed by atoms with van der Waals surface area (Å²) in [5, 5.41) is 13.3. The molecule has 1 aromatic rings. The lowest BCUT2D eigenvalue weighted by Gasteiger charge is -2.17. The fraction of sp³-hybridized carbons (Fsp3) is 0.647. The molecule has 0 aromatic heterocycles. The van der Waals surface area contributed by atoms with Gasteiger partial charge in [-0.3, -0.25) is 0 Å². The summed E-state index contributed by atoms with van der Waals surface area (Å²) >= 11 is 0. The number of ether oxygens (including phenoxy) is 2. The van der Waals surface area contributed by atoms with Gasteiger partial charge in [0.05, 0.1) is 7.11 Å². The van der Waals surface area contributed by atoms with Gasteiger partial charge in [0.2, 0.25) is 0 Å². The van der Waals surface area contributed by atoms with Gasteiger partial charge in [0.1, 0.15) is 24.2 Å². The molecule has 1 fully saturated rings. The Bertz CT molecular complexity index is 415. The largest absolute Gasteiger partial charge is 0.497 e. The molecule has 0 radical (unpaired) electrons. The van der Waals surface area contributed by atoms with Gasteiger partial charge in [0.15, 0.2) is 0 Å². The van der Waals surface area contributed by atoms with Crippen LogP contribution >= 0.6 is 0 Å². The average Bonchev–Trinajstić information content (AvgIpc) is 3.26. The highest BCUT2D eigenvalue weighted by atomic mass is 16.5. The van der Waals surface area contributed by atoms with Crippen LogP contribution in [0.1, 0.15) is 32.6 Å². The first kappa shape index (κ1) is 16.1. The summed E-state index contributed by atoms with van der Waals surface area (Å²) < 4.78 is 10.7. The van der Waals surface area contributed by atoms with E-state index in [1.54, 1.807) is 7.11 Å². The minimum Gasteiger partial charge on any atom is -0.497 e. The molecule has 4 nitrogen and oxygen atoms in total. The third-order valence-electron chi connectivity index (χ3n) is 4.12. The van der Waals surface area contributed by atoms with Crippen molar-refractivity contribution in [1.82, 2.24) is 5.32 Å². The van der Waals surface area contributed by atoms with E-state index in [2.05, 4.69) is 12.2 Å². The van der Waals surface area contributed by atoms with Gasteiger partial charge in [-0.05, 0) is 48.9 Å². The van der Waals surface area contributed by atoms with Crippen molar-refractivity contribution in [2.45, 2.75) is 38.7 Å². The molecule has 1 unspecified atom stereocenters. The Morgan fingerprint density at radius 3 is 2.48 bits per heavy atom. The monoisotopic (exact) mass is 293 g/mol. The second-order valence-electron chi connectivity index (χ2n) is 6.02. The molecule has 2 N–H and O–H groups in total. The molecule has 21 heavy (non-hydrogen) atoms. The molecule has 0 aliphatic heterocycles. The zero-order valence-electron chi connectivity index (χ0n) is 13.1. The number of aliphatic hydroxyl groups is 1. The molecule has 0 heterocycles. The number of aliphatic hydroxyl groups excluding tert-OH is 1. The Kier molecular flexibility index (Phi) is 5.88. The first-order valence-corrected chi connectivity index (χ1v) is 7.83. The van der Waals surface area contributed by atoms with Gasteiger partial charge in [-0.1, -0.05) is 13.3 Å². The van der Waals surface area contributed by atoms with E-state index in [0.717, 1.165) is 18.0 Å². The number of benzene rings is 1. The summed E-state index contributed by atoms with van der Waals surface area (Å²) in [4.78, 5) is 0. The Labute approximate surface area is 127 Å². The fourth-order valence-electron chi connectivity index (χ4n) is 2.65. The van der Waals surface area contributed by atoms with E-state index < -0.39 is 6.10 Å². The van der Waals surface area contributed by atoms with E-state index >= 15 is 0 Å². The minimum absolute atomic E-state index is 0.306. The third-order valence-corrected chi connectivity index (χ3v) is 4.12. The van der Waals surface area contributed by atoms with Crippen LogP contribution in [-0.2, 0) is 0 Å². The molecule has 0 bridgehead atoms. The molecule has 4 heteroatoms. The van der Waals surface area contributed by atoms with Crippen molar-refractivity contribution in [2.75, 3.05) is 26.8 Å². The van der Waals surface area contributed by atoms with Gasteiger partial charge in [-0.2, -0.15) is 0 Å². The highest BCUT2D eigenvalue weighted by molar-refractivity contribution is 5.31. The first-order valence-electron chi connectivity index (χ1n) is 7.83. The van der Waals surface area contributed by atoms with Crippen molar-refractivity contribution in [2.24, 2.45) is 5.41 Å².